The van der Waals surface area contributed by atoms with Crippen molar-refractivity contribution in [1.82, 2.24) is 10.9 Å². The molecule has 1 fully saturated rings. The fourth-order valence-corrected chi connectivity index (χ4v) is 2.97. The lowest BCUT2D eigenvalue weighted by molar-refractivity contribution is -0.142. The van der Waals surface area contributed by atoms with Gasteiger partial charge in [-0.2, -0.15) is 0 Å². The lowest BCUT2D eigenvalue weighted by Crippen LogP contribution is -2.30. The van der Waals surface area contributed by atoms with Crippen LogP contribution in [-0.2, 0) is 4.79 Å². The van der Waals surface area contributed by atoms with E-state index >= 15 is 0 Å². The van der Waals surface area contributed by atoms with Crippen molar-refractivity contribution in [2.24, 2.45) is 5.92 Å². The van der Waals surface area contributed by atoms with Crippen LogP contribution in [0.4, 0.5) is 0 Å². The predicted molar refractivity (Wildman–Crippen MR) is 93.5 cm³/mol. The molecule has 1 aliphatic heterocycles. The van der Waals surface area contributed by atoms with Crippen molar-refractivity contribution in [1.29, 1.82) is 0 Å². The lowest BCUT2D eigenvalue weighted by atomic mass is 9.90. The molecular weight excluding hydrogens is 320 g/mol. The van der Waals surface area contributed by atoms with E-state index in [0.29, 0.717) is 19.0 Å². The summed E-state index contributed by atoms with van der Waals surface area (Å²) >= 11 is 0. The third-order valence-electron chi connectivity index (χ3n) is 4.23. The molecule has 132 valence electrons. The summed E-state index contributed by atoms with van der Waals surface area (Å²) in [5.74, 6) is 0.147. The van der Waals surface area contributed by atoms with E-state index in [4.69, 9.17) is 9.47 Å². The molecule has 3 unspecified atom stereocenters. The number of benzene rings is 2. The van der Waals surface area contributed by atoms with E-state index < -0.39 is 11.9 Å². The van der Waals surface area contributed by atoms with Crippen LogP contribution in [0.3, 0.4) is 0 Å². The van der Waals surface area contributed by atoms with Crippen molar-refractivity contribution in [3.05, 3.63) is 60.2 Å². The van der Waals surface area contributed by atoms with Gasteiger partial charge in [0.05, 0.1) is 12.0 Å². The van der Waals surface area contributed by atoms with Gasteiger partial charge in [0.15, 0.2) is 0 Å². The molecular formula is C19H22N2O4. The SMILES string of the molecule is CC1NNC(c2cccc(OCCOc3ccccc3)c2)C1C(=O)O. The number of hydrogen-bond acceptors (Lipinski definition) is 5. The second-order valence-corrected chi connectivity index (χ2v) is 6.00. The van der Waals surface area contributed by atoms with E-state index in [0.717, 1.165) is 11.3 Å². The van der Waals surface area contributed by atoms with Crippen molar-refractivity contribution < 1.29 is 19.4 Å². The number of hydrazine groups is 1. The number of hydrogen-bond donors (Lipinski definition) is 3. The van der Waals surface area contributed by atoms with Gasteiger partial charge in [0.2, 0.25) is 0 Å². The van der Waals surface area contributed by atoms with Gasteiger partial charge in [-0.3, -0.25) is 10.2 Å². The highest BCUT2D eigenvalue weighted by molar-refractivity contribution is 5.72. The molecule has 0 aromatic heterocycles. The molecule has 6 nitrogen and oxygen atoms in total. The maximum absolute atomic E-state index is 11.5. The zero-order valence-electron chi connectivity index (χ0n) is 14.0. The van der Waals surface area contributed by atoms with Crippen LogP contribution in [0.15, 0.2) is 54.6 Å². The Morgan fingerprint density at radius 1 is 1.00 bits per heavy atom. The summed E-state index contributed by atoms with van der Waals surface area (Å²) in [5.41, 5.74) is 6.94. The first-order valence-electron chi connectivity index (χ1n) is 8.29. The first-order chi connectivity index (χ1) is 12.1. The first kappa shape index (κ1) is 17.3. The fraction of sp³-hybridized carbons (Fsp3) is 0.316. The lowest BCUT2D eigenvalue weighted by Gasteiger charge is -2.18. The number of aliphatic carboxylic acids is 1. The molecule has 0 bridgehead atoms. The smallest absolute Gasteiger partial charge is 0.310 e. The van der Waals surface area contributed by atoms with E-state index in [-0.39, 0.29) is 12.1 Å². The van der Waals surface area contributed by atoms with Crippen molar-refractivity contribution >= 4 is 5.97 Å². The third-order valence-corrected chi connectivity index (χ3v) is 4.23. The number of carboxylic acids is 1. The Hall–Kier alpha value is -2.57. The highest BCUT2D eigenvalue weighted by atomic mass is 16.5. The predicted octanol–water partition coefficient (Wildman–Crippen LogP) is 2.38. The summed E-state index contributed by atoms with van der Waals surface area (Å²) in [7, 11) is 0. The Kier molecular flexibility index (Phi) is 5.53. The van der Waals surface area contributed by atoms with E-state index in [1.54, 1.807) is 0 Å². The highest BCUT2D eigenvalue weighted by Crippen LogP contribution is 2.30. The second kappa shape index (κ2) is 8.00. The molecule has 1 heterocycles. The van der Waals surface area contributed by atoms with Crippen LogP contribution in [0.2, 0.25) is 0 Å². The van der Waals surface area contributed by atoms with Crippen LogP contribution in [-0.4, -0.2) is 30.3 Å². The minimum absolute atomic E-state index is 0.147. The summed E-state index contributed by atoms with van der Waals surface area (Å²) < 4.78 is 11.3. The van der Waals surface area contributed by atoms with Crippen molar-refractivity contribution in [2.45, 2.75) is 19.0 Å². The molecule has 25 heavy (non-hydrogen) atoms. The molecule has 1 aliphatic rings. The highest BCUT2D eigenvalue weighted by Gasteiger charge is 2.39. The van der Waals surface area contributed by atoms with Crippen molar-refractivity contribution in [3.63, 3.8) is 0 Å². The van der Waals surface area contributed by atoms with E-state index in [2.05, 4.69) is 10.9 Å². The van der Waals surface area contributed by atoms with Crippen LogP contribution in [0.5, 0.6) is 11.5 Å². The second-order valence-electron chi connectivity index (χ2n) is 6.00. The Labute approximate surface area is 146 Å². The summed E-state index contributed by atoms with van der Waals surface area (Å²) in [5, 5.41) is 9.44. The summed E-state index contributed by atoms with van der Waals surface area (Å²) in [6.45, 7) is 2.70. The largest absolute Gasteiger partial charge is 0.490 e. The number of carbonyl (C=O) groups is 1. The van der Waals surface area contributed by atoms with Gasteiger partial charge in [0, 0.05) is 6.04 Å². The molecule has 3 rings (SSSR count). The molecule has 2 aromatic rings. The molecule has 2 aromatic carbocycles. The zero-order chi connectivity index (χ0) is 17.6. The van der Waals surface area contributed by atoms with Gasteiger partial charge in [-0.05, 0) is 36.8 Å². The molecule has 3 N–H and O–H groups in total. The Balaban J connectivity index is 1.57. The van der Waals surface area contributed by atoms with Crippen LogP contribution >= 0.6 is 0 Å². The summed E-state index contributed by atoms with van der Waals surface area (Å²) in [6, 6.07) is 16.6. The topological polar surface area (TPSA) is 79.8 Å². The van der Waals surface area contributed by atoms with Gasteiger partial charge >= 0.3 is 5.97 Å². The van der Waals surface area contributed by atoms with Crippen molar-refractivity contribution in [2.75, 3.05) is 13.2 Å². The summed E-state index contributed by atoms with van der Waals surface area (Å²) in [6.07, 6.45) is 0. The quantitative estimate of drug-likeness (QED) is 0.671. The molecule has 0 radical (unpaired) electrons. The van der Waals surface area contributed by atoms with E-state index in [1.807, 2.05) is 61.5 Å². The van der Waals surface area contributed by atoms with Crippen LogP contribution in [0.25, 0.3) is 0 Å². The number of para-hydroxylation sites is 1. The van der Waals surface area contributed by atoms with E-state index in [9.17, 15) is 9.90 Å². The molecule has 3 atom stereocenters. The number of ether oxygens (including phenoxy) is 2. The minimum Gasteiger partial charge on any atom is -0.490 e. The van der Waals surface area contributed by atoms with Gasteiger partial charge < -0.3 is 14.6 Å². The molecule has 0 saturated carbocycles. The van der Waals surface area contributed by atoms with Gasteiger partial charge in [-0.15, -0.1) is 0 Å². The first-order valence-corrected chi connectivity index (χ1v) is 8.29. The summed E-state index contributed by atoms with van der Waals surface area (Å²) in [4.78, 5) is 11.5. The Bertz CT molecular complexity index is 708. The van der Waals surface area contributed by atoms with Crippen LogP contribution < -0.4 is 20.3 Å². The standard InChI is InChI=1S/C19H22N2O4/c1-13-17(19(22)23)18(21-20-13)14-6-5-9-16(12-14)25-11-10-24-15-7-3-2-4-8-15/h2-9,12-13,17-18,20-21H,10-11H2,1H3,(H,22,23). The number of carboxylic acid groups (broad SMARTS) is 1. The maximum Gasteiger partial charge on any atom is 0.310 e. The molecule has 6 heteroatoms. The average Bonchev–Trinajstić information content (AvgIpc) is 3.02. The fourth-order valence-electron chi connectivity index (χ4n) is 2.97. The molecule has 0 spiro atoms. The Morgan fingerprint density at radius 3 is 2.40 bits per heavy atom. The number of nitrogens with one attached hydrogen (secondary N) is 2. The van der Waals surface area contributed by atoms with Gasteiger partial charge in [0.1, 0.15) is 24.7 Å². The van der Waals surface area contributed by atoms with E-state index in [1.165, 1.54) is 0 Å². The Morgan fingerprint density at radius 2 is 1.68 bits per heavy atom. The monoisotopic (exact) mass is 342 g/mol. The van der Waals surface area contributed by atoms with Crippen LogP contribution in [0, 0.1) is 5.92 Å². The number of rotatable bonds is 7. The van der Waals surface area contributed by atoms with Crippen molar-refractivity contribution in [3.8, 4) is 11.5 Å². The van der Waals surface area contributed by atoms with Gasteiger partial charge in [-0.25, -0.2) is 5.43 Å². The third kappa shape index (κ3) is 4.29. The molecule has 1 saturated heterocycles. The maximum atomic E-state index is 11.5. The van der Waals surface area contributed by atoms with Crippen LogP contribution in [0.1, 0.15) is 18.5 Å². The van der Waals surface area contributed by atoms with Gasteiger partial charge in [0.25, 0.3) is 0 Å². The molecule has 0 amide bonds. The average molecular weight is 342 g/mol. The molecule has 0 aliphatic carbocycles. The normalized spacial score (nSPS) is 22.5. The zero-order valence-corrected chi connectivity index (χ0v) is 14.0. The minimum atomic E-state index is -0.822. The van der Waals surface area contributed by atoms with Gasteiger partial charge in [-0.1, -0.05) is 30.3 Å².